The Morgan fingerprint density at radius 2 is 1.71 bits per heavy atom. The molecule has 31 heavy (non-hydrogen) atoms. The fourth-order valence-electron chi connectivity index (χ4n) is 4.76. The van der Waals surface area contributed by atoms with E-state index in [-0.39, 0.29) is 17.2 Å². The molecule has 1 fully saturated rings. The number of methoxy groups -OCH3 is 1. The van der Waals surface area contributed by atoms with E-state index in [4.69, 9.17) is 4.74 Å². The second-order valence-electron chi connectivity index (χ2n) is 8.28. The maximum absolute atomic E-state index is 13.0. The number of benzene rings is 2. The summed E-state index contributed by atoms with van der Waals surface area (Å²) in [6.07, 6.45) is 3.72. The molecule has 0 unspecified atom stereocenters. The van der Waals surface area contributed by atoms with Gasteiger partial charge in [-0.1, -0.05) is 12.1 Å². The van der Waals surface area contributed by atoms with E-state index in [2.05, 4.69) is 34.3 Å². The van der Waals surface area contributed by atoms with Crippen molar-refractivity contribution >= 4 is 17.4 Å². The Hall–Kier alpha value is -3.54. The molecule has 158 valence electrons. The number of hydrogen-bond acceptors (Lipinski definition) is 4. The highest BCUT2D eigenvalue weighted by molar-refractivity contribution is 5.97. The average Bonchev–Trinajstić information content (AvgIpc) is 3.30. The minimum absolute atomic E-state index is 0.00204. The van der Waals surface area contributed by atoms with Crippen molar-refractivity contribution in [2.45, 2.75) is 25.3 Å². The summed E-state index contributed by atoms with van der Waals surface area (Å²) in [5.74, 6) is 0.832. The second-order valence-corrected chi connectivity index (χ2v) is 8.28. The smallest absolute Gasteiger partial charge is 0.253 e. The fourth-order valence-corrected chi connectivity index (χ4v) is 4.76. The molecule has 0 saturated carbocycles. The maximum Gasteiger partial charge on any atom is 0.253 e. The summed E-state index contributed by atoms with van der Waals surface area (Å²) in [6, 6.07) is 17.3. The Morgan fingerprint density at radius 3 is 2.39 bits per heavy atom. The van der Waals surface area contributed by atoms with Crippen LogP contribution in [0.1, 0.15) is 46.2 Å². The van der Waals surface area contributed by atoms with Crippen molar-refractivity contribution in [3.63, 3.8) is 0 Å². The summed E-state index contributed by atoms with van der Waals surface area (Å²) < 4.78 is 7.66. The van der Waals surface area contributed by atoms with Gasteiger partial charge < -0.3 is 19.5 Å². The van der Waals surface area contributed by atoms with Crippen LogP contribution in [0.15, 0.2) is 60.8 Å². The molecule has 1 aromatic heterocycles. The van der Waals surface area contributed by atoms with E-state index in [1.807, 2.05) is 17.0 Å². The van der Waals surface area contributed by atoms with Crippen LogP contribution in [-0.4, -0.2) is 41.4 Å². The third-order valence-corrected chi connectivity index (χ3v) is 6.52. The van der Waals surface area contributed by atoms with Gasteiger partial charge in [0.1, 0.15) is 5.75 Å². The van der Waals surface area contributed by atoms with Crippen molar-refractivity contribution in [2.75, 3.05) is 25.5 Å². The molecule has 1 amide bonds. The minimum Gasteiger partial charge on any atom is -0.497 e. The normalized spacial score (nSPS) is 16.3. The molecule has 6 nitrogen and oxygen atoms in total. The first-order valence-corrected chi connectivity index (χ1v) is 10.6. The van der Waals surface area contributed by atoms with Crippen LogP contribution in [0.3, 0.4) is 0 Å². The zero-order valence-electron chi connectivity index (χ0n) is 17.7. The minimum atomic E-state index is -0.224. The van der Waals surface area contributed by atoms with E-state index in [1.54, 1.807) is 31.4 Å². The zero-order valence-corrected chi connectivity index (χ0v) is 17.7. The van der Waals surface area contributed by atoms with Crippen LogP contribution < -0.4 is 10.1 Å². The third kappa shape index (κ3) is 3.19. The van der Waals surface area contributed by atoms with Gasteiger partial charge in [-0.2, -0.15) is 0 Å². The lowest BCUT2D eigenvalue weighted by atomic mass is 9.82. The van der Waals surface area contributed by atoms with Gasteiger partial charge in [-0.05, 0) is 56.2 Å². The van der Waals surface area contributed by atoms with Crippen molar-refractivity contribution in [1.82, 2.24) is 9.47 Å². The number of piperidine rings is 1. The number of amides is 1. The van der Waals surface area contributed by atoms with Gasteiger partial charge in [-0.25, -0.2) is 0 Å². The van der Waals surface area contributed by atoms with Gasteiger partial charge in [0.2, 0.25) is 0 Å². The predicted molar refractivity (Wildman–Crippen MR) is 119 cm³/mol. The first kappa shape index (κ1) is 19.4. The number of hydrogen-bond donors (Lipinski definition) is 1. The molecule has 1 saturated heterocycles. The van der Waals surface area contributed by atoms with Crippen molar-refractivity contribution in [1.29, 1.82) is 0 Å². The summed E-state index contributed by atoms with van der Waals surface area (Å²) in [6.45, 7) is 2.84. The zero-order chi connectivity index (χ0) is 21.6. The molecule has 3 aromatic rings. The molecule has 6 heteroatoms. The molecular weight excluding hydrogens is 390 g/mol. The molecule has 0 radical (unpaired) electrons. The highest BCUT2D eigenvalue weighted by Crippen LogP contribution is 2.44. The molecule has 3 heterocycles. The summed E-state index contributed by atoms with van der Waals surface area (Å²) in [5.41, 5.74) is 4.39. The quantitative estimate of drug-likeness (QED) is 0.650. The van der Waals surface area contributed by atoms with Crippen LogP contribution in [0.4, 0.5) is 5.69 Å². The average molecular weight is 415 g/mol. The van der Waals surface area contributed by atoms with Crippen molar-refractivity contribution < 1.29 is 14.3 Å². The number of nitrogens with one attached hydrogen (secondary N) is 1. The number of nitrogens with zero attached hydrogens (tertiary/aromatic N) is 2. The number of carbonyl (C=O) groups is 2. The predicted octanol–water partition coefficient (Wildman–Crippen LogP) is 4.25. The summed E-state index contributed by atoms with van der Waals surface area (Å²) >= 11 is 0. The maximum atomic E-state index is 13.0. The van der Waals surface area contributed by atoms with Crippen LogP contribution in [0.25, 0.3) is 5.69 Å². The molecule has 0 bridgehead atoms. The largest absolute Gasteiger partial charge is 0.497 e. The lowest BCUT2D eigenvalue weighted by molar-refractivity contribution is 0.0676. The van der Waals surface area contributed by atoms with Crippen LogP contribution in [-0.2, 0) is 5.54 Å². The Balaban J connectivity index is 1.38. The fraction of sp³-hybridized carbons (Fsp3) is 0.280. The van der Waals surface area contributed by atoms with E-state index < -0.39 is 0 Å². The number of ether oxygens (including phenoxy) is 1. The first-order valence-electron chi connectivity index (χ1n) is 10.6. The molecule has 5 rings (SSSR count). The van der Waals surface area contributed by atoms with Crippen molar-refractivity contribution in [2.24, 2.45) is 0 Å². The van der Waals surface area contributed by atoms with Crippen molar-refractivity contribution in [3.05, 3.63) is 77.6 Å². The number of fused-ring (bicyclic) bond motifs is 4. The van der Waals surface area contributed by atoms with Gasteiger partial charge in [0.05, 0.1) is 24.0 Å². The van der Waals surface area contributed by atoms with Gasteiger partial charge in [0.15, 0.2) is 5.78 Å². The molecule has 1 spiro atoms. The lowest BCUT2D eigenvalue weighted by Gasteiger charge is -2.46. The molecule has 2 aliphatic rings. The number of Topliss-reactive ketones (excluding diaryl/α,β-unsaturated/α-hetero) is 1. The van der Waals surface area contributed by atoms with E-state index in [0.29, 0.717) is 24.2 Å². The Morgan fingerprint density at radius 1 is 1.00 bits per heavy atom. The number of carbonyl (C=O) groups excluding carboxylic acids is 2. The topological polar surface area (TPSA) is 63.6 Å². The summed E-state index contributed by atoms with van der Waals surface area (Å²) in [7, 11) is 1.68. The molecule has 2 aromatic carbocycles. The van der Waals surface area contributed by atoms with Gasteiger partial charge in [-0.15, -0.1) is 0 Å². The van der Waals surface area contributed by atoms with Gasteiger partial charge >= 0.3 is 0 Å². The van der Waals surface area contributed by atoms with Gasteiger partial charge in [0, 0.05) is 42.2 Å². The third-order valence-electron chi connectivity index (χ3n) is 6.52. The first-order chi connectivity index (χ1) is 15.0. The highest BCUT2D eigenvalue weighted by Gasteiger charge is 2.42. The molecule has 1 N–H and O–H groups in total. The number of rotatable bonds is 3. The monoisotopic (exact) mass is 415 g/mol. The van der Waals surface area contributed by atoms with Crippen LogP contribution in [0, 0.1) is 0 Å². The molecule has 0 aliphatic carbocycles. The molecule has 0 atom stereocenters. The number of likely N-dealkylation sites (tertiary alicyclic amines) is 1. The van der Waals surface area contributed by atoms with E-state index in [9.17, 15) is 9.59 Å². The number of aromatic nitrogens is 1. The van der Waals surface area contributed by atoms with E-state index in [1.165, 1.54) is 12.6 Å². The molecular formula is C25H25N3O3. The highest BCUT2D eigenvalue weighted by atomic mass is 16.5. The Labute approximate surface area is 181 Å². The Bertz CT molecular complexity index is 1160. The van der Waals surface area contributed by atoms with Crippen LogP contribution in [0.2, 0.25) is 0 Å². The lowest BCUT2D eigenvalue weighted by Crippen LogP contribution is -2.51. The van der Waals surface area contributed by atoms with Crippen molar-refractivity contribution in [3.8, 4) is 11.4 Å². The Kier molecular flexibility index (Phi) is 4.58. The standard InChI is InChI=1S/C25H25N3O3/c1-17(29)18-5-7-19(8-6-18)24(30)27-14-11-25(12-15-27)23-4-3-13-28(23)22-10-9-20(31-2)16-21(22)26-25/h3-10,13,16,26H,11-12,14-15H2,1-2H3. The van der Waals surface area contributed by atoms with Crippen LogP contribution >= 0.6 is 0 Å². The van der Waals surface area contributed by atoms with Crippen LogP contribution in [0.5, 0.6) is 5.75 Å². The van der Waals surface area contributed by atoms with E-state index in [0.717, 1.165) is 30.0 Å². The summed E-state index contributed by atoms with van der Waals surface area (Å²) in [5, 5.41) is 3.77. The van der Waals surface area contributed by atoms with E-state index >= 15 is 0 Å². The van der Waals surface area contributed by atoms with Gasteiger partial charge in [0.25, 0.3) is 5.91 Å². The van der Waals surface area contributed by atoms with Gasteiger partial charge in [-0.3, -0.25) is 9.59 Å². The number of anilines is 1. The summed E-state index contributed by atoms with van der Waals surface area (Å²) in [4.78, 5) is 26.4. The second kappa shape index (κ2) is 7.30. The number of ketones is 1. The SMILES string of the molecule is COc1ccc2c(c1)NC1(CCN(C(=O)c3ccc(C(C)=O)cc3)CC1)c1cccn1-2. The molecule has 2 aliphatic heterocycles.